The average Bonchev–Trinajstić information content (AvgIpc) is 2.67. The molecule has 1 aromatic carbocycles. The van der Waals surface area contributed by atoms with Crippen LogP contribution in [0.4, 0.5) is 5.95 Å². The summed E-state index contributed by atoms with van der Waals surface area (Å²) in [6.45, 7) is 1.24. The van der Waals surface area contributed by atoms with Crippen LogP contribution in [0.5, 0.6) is 5.75 Å². The van der Waals surface area contributed by atoms with E-state index in [-0.39, 0.29) is 22.3 Å². The molecule has 1 saturated heterocycles. The standard InChI is InChI=1S/C16H18ClN5O4S/c17-13-10-12(2-3-14(13)26-11-15(18)23)27(24,25)22-8-6-21(7-9-22)16-19-4-1-5-20-16/h1-5,10H,6-9,11H2,(H2,18,23). The van der Waals surface area contributed by atoms with Crippen LogP contribution in [0.25, 0.3) is 0 Å². The third kappa shape index (κ3) is 4.46. The van der Waals surface area contributed by atoms with Crippen molar-refractivity contribution in [3.05, 3.63) is 41.7 Å². The molecule has 2 N–H and O–H groups in total. The van der Waals surface area contributed by atoms with Crippen molar-refractivity contribution in [1.29, 1.82) is 0 Å². The van der Waals surface area contributed by atoms with Crippen molar-refractivity contribution in [2.24, 2.45) is 5.73 Å². The maximum atomic E-state index is 12.9. The van der Waals surface area contributed by atoms with E-state index in [1.807, 2.05) is 4.90 Å². The Labute approximate surface area is 161 Å². The summed E-state index contributed by atoms with van der Waals surface area (Å²) < 4.78 is 32.3. The molecular weight excluding hydrogens is 394 g/mol. The number of piperazine rings is 1. The maximum absolute atomic E-state index is 12.9. The van der Waals surface area contributed by atoms with Crippen molar-refractivity contribution in [3.8, 4) is 5.75 Å². The zero-order valence-electron chi connectivity index (χ0n) is 14.3. The summed E-state index contributed by atoms with van der Waals surface area (Å²) >= 11 is 6.08. The summed E-state index contributed by atoms with van der Waals surface area (Å²) in [6, 6.07) is 5.83. The molecule has 27 heavy (non-hydrogen) atoms. The van der Waals surface area contributed by atoms with Gasteiger partial charge >= 0.3 is 0 Å². The molecule has 1 aliphatic rings. The van der Waals surface area contributed by atoms with Crippen LogP contribution in [0.3, 0.4) is 0 Å². The van der Waals surface area contributed by atoms with Gasteiger partial charge in [0.25, 0.3) is 5.91 Å². The Bertz CT molecular complexity index is 918. The van der Waals surface area contributed by atoms with Gasteiger partial charge in [-0.05, 0) is 24.3 Å². The Morgan fingerprint density at radius 3 is 2.44 bits per heavy atom. The second-order valence-electron chi connectivity index (χ2n) is 5.79. The van der Waals surface area contributed by atoms with E-state index in [1.165, 1.54) is 22.5 Å². The molecule has 3 rings (SSSR count). The molecule has 1 amide bonds. The van der Waals surface area contributed by atoms with Gasteiger partial charge in [-0.15, -0.1) is 0 Å². The van der Waals surface area contributed by atoms with E-state index in [0.717, 1.165) is 0 Å². The van der Waals surface area contributed by atoms with Crippen molar-refractivity contribution < 1.29 is 17.9 Å². The van der Waals surface area contributed by atoms with Gasteiger partial charge in [0.05, 0.1) is 9.92 Å². The molecular formula is C16H18ClN5O4S. The summed E-state index contributed by atoms with van der Waals surface area (Å²) in [5.74, 6) is 0.122. The fraction of sp³-hybridized carbons (Fsp3) is 0.312. The van der Waals surface area contributed by atoms with Crippen molar-refractivity contribution in [1.82, 2.24) is 14.3 Å². The topological polar surface area (TPSA) is 119 Å². The van der Waals surface area contributed by atoms with Gasteiger partial charge in [0.15, 0.2) is 6.61 Å². The number of nitrogens with zero attached hydrogens (tertiary/aromatic N) is 4. The molecule has 1 fully saturated rings. The molecule has 0 aliphatic carbocycles. The maximum Gasteiger partial charge on any atom is 0.255 e. The number of carbonyl (C=O) groups excluding carboxylic acids is 1. The first-order valence-corrected chi connectivity index (χ1v) is 9.92. The minimum atomic E-state index is -3.70. The lowest BCUT2D eigenvalue weighted by molar-refractivity contribution is -0.119. The molecule has 0 radical (unpaired) electrons. The molecule has 11 heteroatoms. The van der Waals surface area contributed by atoms with Crippen LogP contribution in [-0.4, -0.2) is 61.4 Å². The highest BCUT2D eigenvalue weighted by Gasteiger charge is 2.29. The third-order valence-electron chi connectivity index (χ3n) is 3.98. The zero-order chi connectivity index (χ0) is 19.4. The van der Waals surface area contributed by atoms with E-state index in [4.69, 9.17) is 22.1 Å². The normalized spacial score (nSPS) is 15.5. The SMILES string of the molecule is NC(=O)COc1ccc(S(=O)(=O)N2CCN(c3ncccn3)CC2)cc1Cl. The van der Waals surface area contributed by atoms with Gasteiger partial charge in [-0.25, -0.2) is 18.4 Å². The van der Waals surface area contributed by atoms with Gasteiger partial charge in [0.2, 0.25) is 16.0 Å². The van der Waals surface area contributed by atoms with Gasteiger partial charge in [0.1, 0.15) is 5.75 Å². The van der Waals surface area contributed by atoms with Gasteiger partial charge in [-0.2, -0.15) is 4.31 Å². The van der Waals surface area contributed by atoms with Crippen molar-refractivity contribution in [2.45, 2.75) is 4.90 Å². The van der Waals surface area contributed by atoms with Crippen molar-refractivity contribution in [3.63, 3.8) is 0 Å². The number of hydrogen-bond acceptors (Lipinski definition) is 7. The van der Waals surface area contributed by atoms with E-state index in [0.29, 0.717) is 32.1 Å². The number of halogens is 1. The van der Waals surface area contributed by atoms with Crippen molar-refractivity contribution in [2.75, 3.05) is 37.7 Å². The highest BCUT2D eigenvalue weighted by Crippen LogP contribution is 2.29. The number of hydrogen-bond donors (Lipinski definition) is 1. The molecule has 2 heterocycles. The lowest BCUT2D eigenvalue weighted by atomic mass is 10.3. The average molecular weight is 412 g/mol. The minimum Gasteiger partial charge on any atom is -0.482 e. The highest BCUT2D eigenvalue weighted by atomic mass is 35.5. The monoisotopic (exact) mass is 411 g/mol. The molecule has 0 saturated carbocycles. The van der Waals surface area contributed by atoms with Crippen LogP contribution < -0.4 is 15.4 Å². The smallest absolute Gasteiger partial charge is 0.255 e. The van der Waals surface area contributed by atoms with Crippen LogP contribution in [0.1, 0.15) is 0 Å². The van der Waals surface area contributed by atoms with E-state index >= 15 is 0 Å². The Morgan fingerprint density at radius 2 is 1.85 bits per heavy atom. The highest BCUT2D eigenvalue weighted by molar-refractivity contribution is 7.89. The predicted molar refractivity (Wildman–Crippen MR) is 99.1 cm³/mol. The molecule has 144 valence electrons. The number of aromatic nitrogens is 2. The summed E-state index contributed by atoms with van der Waals surface area (Å²) in [5.41, 5.74) is 5.02. The van der Waals surface area contributed by atoms with E-state index in [2.05, 4.69) is 9.97 Å². The fourth-order valence-electron chi connectivity index (χ4n) is 2.64. The van der Waals surface area contributed by atoms with Crippen molar-refractivity contribution >= 4 is 33.5 Å². The number of rotatable bonds is 6. The first-order chi connectivity index (χ1) is 12.9. The predicted octanol–water partition coefficient (Wildman–Crippen LogP) is 0.505. The van der Waals surface area contributed by atoms with Crippen LogP contribution in [0, 0.1) is 0 Å². The lowest BCUT2D eigenvalue weighted by Crippen LogP contribution is -2.49. The lowest BCUT2D eigenvalue weighted by Gasteiger charge is -2.33. The molecule has 0 bridgehead atoms. The Balaban J connectivity index is 1.70. The molecule has 0 spiro atoms. The van der Waals surface area contributed by atoms with E-state index in [1.54, 1.807) is 18.5 Å². The van der Waals surface area contributed by atoms with Gasteiger partial charge in [-0.3, -0.25) is 4.79 Å². The fourth-order valence-corrected chi connectivity index (χ4v) is 4.39. The summed E-state index contributed by atoms with van der Waals surface area (Å²) in [7, 11) is -3.70. The molecule has 2 aromatic rings. The van der Waals surface area contributed by atoms with Crippen LogP contribution in [0.2, 0.25) is 5.02 Å². The second-order valence-corrected chi connectivity index (χ2v) is 8.13. The molecule has 0 atom stereocenters. The van der Waals surface area contributed by atoms with E-state index in [9.17, 15) is 13.2 Å². The van der Waals surface area contributed by atoms with Crippen LogP contribution >= 0.6 is 11.6 Å². The Hall–Kier alpha value is -2.43. The number of benzene rings is 1. The Morgan fingerprint density at radius 1 is 1.19 bits per heavy atom. The molecule has 1 aliphatic heterocycles. The van der Waals surface area contributed by atoms with Crippen LogP contribution in [0.15, 0.2) is 41.6 Å². The van der Waals surface area contributed by atoms with Gasteiger partial charge in [0, 0.05) is 38.6 Å². The number of carbonyl (C=O) groups is 1. The third-order valence-corrected chi connectivity index (χ3v) is 6.17. The Kier molecular flexibility index (Phi) is 5.78. The number of sulfonamides is 1. The summed E-state index contributed by atoms with van der Waals surface area (Å²) in [6.07, 6.45) is 3.30. The number of anilines is 1. The first-order valence-electron chi connectivity index (χ1n) is 8.10. The van der Waals surface area contributed by atoms with Gasteiger partial charge in [-0.1, -0.05) is 11.6 Å². The number of nitrogens with two attached hydrogens (primary N) is 1. The second kappa shape index (κ2) is 8.07. The summed E-state index contributed by atoms with van der Waals surface area (Å²) in [4.78, 5) is 21.1. The van der Waals surface area contributed by atoms with E-state index < -0.39 is 15.9 Å². The quantitative estimate of drug-likeness (QED) is 0.735. The summed E-state index contributed by atoms with van der Waals surface area (Å²) in [5, 5.41) is 0.0913. The largest absolute Gasteiger partial charge is 0.482 e. The first kappa shape index (κ1) is 19.3. The molecule has 0 unspecified atom stereocenters. The number of ether oxygens (including phenoxy) is 1. The zero-order valence-corrected chi connectivity index (χ0v) is 15.9. The number of amides is 1. The van der Waals surface area contributed by atoms with Crippen LogP contribution in [-0.2, 0) is 14.8 Å². The number of primary amides is 1. The molecule has 1 aromatic heterocycles. The van der Waals surface area contributed by atoms with Gasteiger partial charge < -0.3 is 15.4 Å². The molecule has 9 nitrogen and oxygen atoms in total. The minimum absolute atomic E-state index is 0.0586.